The number of hydrogen-bond acceptors (Lipinski definition) is 4. The van der Waals surface area contributed by atoms with Crippen LogP contribution in [0.2, 0.25) is 0 Å². The number of aliphatic carboxylic acids is 1. The average Bonchev–Trinajstić information content (AvgIpc) is 3.46. The lowest BCUT2D eigenvalue weighted by Gasteiger charge is -2.14. The van der Waals surface area contributed by atoms with Gasteiger partial charge < -0.3 is 14.8 Å². The third-order valence-corrected chi connectivity index (χ3v) is 8.89. The lowest BCUT2D eigenvalue weighted by atomic mass is 9.97. The van der Waals surface area contributed by atoms with E-state index in [1.165, 1.54) is 17.3 Å². The molecule has 5 rings (SSSR count). The summed E-state index contributed by atoms with van der Waals surface area (Å²) in [5.74, 6) is 0.580. The summed E-state index contributed by atoms with van der Waals surface area (Å²) in [4.78, 5) is 24.2. The standard InChI is InChI=1S/C40H39NO4S.C2H4/c1-3-11-36-34(4-2)39(37(45-36)24-28-12-7-5-8-13-28)33-22-20-32(21-23-33)31-18-16-30(17-19-31)26-46-27-35(40(43)44)41-38(42)25-29-14-9-6-10-15-29;1-2/h4-23,35H,3,24-27H2,1-2H3,(H,41,42)(H,43,44);1-2H2/b34-4+,36-11+;. The topological polar surface area (TPSA) is 79.5 Å². The second-order valence-electron chi connectivity index (χ2n) is 11.2. The van der Waals surface area contributed by atoms with Crippen molar-refractivity contribution < 1.29 is 19.1 Å². The Labute approximate surface area is 287 Å². The fourth-order valence-electron chi connectivity index (χ4n) is 5.48. The Hall–Kier alpha value is -5.07. The molecule has 246 valence electrons. The van der Waals surface area contributed by atoms with Gasteiger partial charge in [0, 0.05) is 28.7 Å². The molecule has 1 heterocycles. The van der Waals surface area contributed by atoms with E-state index in [4.69, 9.17) is 4.42 Å². The van der Waals surface area contributed by atoms with Crippen LogP contribution in [0.3, 0.4) is 0 Å². The number of hydrogen-bond donors (Lipinski definition) is 2. The van der Waals surface area contributed by atoms with Gasteiger partial charge in [0.15, 0.2) is 0 Å². The van der Waals surface area contributed by atoms with Crippen LogP contribution in [0.25, 0.3) is 34.4 Å². The van der Waals surface area contributed by atoms with Crippen molar-refractivity contribution in [2.75, 3.05) is 5.75 Å². The number of carboxylic acids is 1. The van der Waals surface area contributed by atoms with Gasteiger partial charge in [-0.1, -0.05) is 122 Å². The maximum Gasteiger partial charge on any atom is 0.327 e. The highest BCUT2D eigenvalue weighted by Crippen LogP contribution is 2.27. The maximum atomic E-state index is 12.4. The minimum atomic E-state index is -1.03. The van der Waals surface area contributed by atoms with Gasteiger partial charge in [-0.3, -0.25) is 4.79 Å². The molecule has 6 heteroatoms. The Morgan fingerprint density at radius 1 is 0.812 bits per heavy atom. The zero-order chi connectivity index (χ0) is 34.3. The molecular weight excluding hydrogens is 615 g/mol. The first-order chi connectivity index (χ1) is 23.4. The molecule has 0 saturated heterocycles. The fraction of sp³-hybridized carbons (Fsp3) is 0.190. The quantitative estimate of drug-likeness (QED) is 0.125. The van der Waals surface area contributed by atoms with Crippen molar-refractivity contribution in [2.45, 2.75) is 44.9 Å². The monoisotopic (exact) mass is 657 g/mol. The summed E-state index contributed by atoms with van der Waals surface area (Å²) in [6.45, 7) is 10.2. The van der Waals surface area contributed by atoms with Gasteiger partial charge in [0.25, 0.3) is 0 Å². The van der Waals surface area contributed by atoms with Crippen molar-refractivity contribution in [1.82, 2.24) is 5.32 Å². The highest BCUT2D eigenvalue weighted by Gasteiger charge is 2.20. The van der Waals surface area contributed by atoms with Crippen LogP contribution in [0.5, 0.6) is 0 Å². The molecule has 1 aromatic heterocycles. The molecule has 1 amide bonds. The SMILES string of the molecule is C/C=c1/c(-c2ccc(-c3ccc(CSCC(NC(=O)Cc4ccccc4)C(=O)O)cc3)cc2)c(Cc2ccccc2)o/c1=C/CC.C=C. The molecule has 1 atom stereocenters. The van der Waals surface area contributed by atoms with Crippen LogP contribution in [0, 0.1) is 0 Å². The van der Waals surface area contributed by atoms with Crippen molar-refractivity contribution in [3.05, 3.63) is 155 Å². The van der Waals surface area contributed by atoms with Crippen molar-refractivity contribution in [2.24, 2.45) is 0 Å². The molecule has 5 aromatic rings. The van der Waals surface area contributed by atoms with Crippen molar-refractivity contribution in [3.63, 3.8) is 0 Å². The summed E-state index contributed by atoms with van der Waals surface area (Å²) in [7, 11) is 0. The molecule has 0 bridgehead atoms. The number of thioether (sulfide) groups is 1. The fourth-order valence-corrected chi connectivity index (χ4v) is 6.48. The number of carboxylic acid groups (broad SMARTS) is 1. The predicted molar refractivity (Wildman–Crippen MR) is 200 cm³/mol. The molecule has 2 N–H and O–H groups in total. The van der Waals surface area contributed by atoms with Crippen LogP contribution < -0.4 is 16.0 Å². The molecule has 0 radical (unpaired) electrons. The van der Waals surface area contributed by atoms with E-state index in [-0.39, 0.29) is 18.1 Å². The van der Waals surface area contributed by atoms with Gasteiger partial charge in [-0.05, 0) is 52.8 Å². The van der Waals surface area contributed by atoms with Gasteiger partial charge in [-0.15, -0.1) is 13.2 Å². The van der Waals surface area contributed by atoms with Crippen LogP contribution in [0.4, 0.5) is 0 Å². The first-order valence-corrected chi connectivity index (χ1v) is 17.3. The van der Waals surface area contributed by atoms with Gasteiger partial charge in [-0.2, -0.15) is 11.8 Å². The maximum absolute atomic E-state index is 12.4. The smallest absolute Gasteiger partial charge is 0.327 e. The molecule has 5 nitrogen and oxygen atoms in total. The summed E-state index contributed by atoms with van der Waals surface area (Å²) in [5.41, 5.74) is 8.57. The van der Waals surface area contributed by atoms with Gasteiger partial charge >= 0.3 is 5.97 Å². The second-order valence-corrected chi connectivity index (χ2v) is 12.2. The van der Waals surface area contributed by atoms with Crippen LogP contribution >= 0.6 is 11.8 Å². The summed E-state index contributed by atoms with van der Waals surface area (Å²) >= 11 is 1.49. The van der Waals surface area contributed by atoms with E-state index in [0.717, 1.165) is 62.6 Å². The van der Waals surface area contributed by atoms with E-state index in [2.05, 4.69) is 117 Å². The third-order valence-electron chi connectivity index (χ3n) is 7.79. The zero-order valence-corrected chi connectivity index (χ0v) is 28.5. The Morgan fingerprint density at radius 3 is 1.94 bits per heavy atom. The molecule has 0 fully saturated rings. The molecule has 0 spiro atoms. The van der Waals surface area contributed by atoms with E-state index in [9.17, 15) is 14.7 Å². The summed E-state index contributed by atoms with van der Waals surface area (Å²) in [5, 5.41) is 13.4. The molecule has 0 saturated carbocycles. The van der Waals surface area contributed by atoms with E-state index >= 15 is 0 Å². The summed E-state index contributed by atoms with van der Waals surface area (Å²) in [6.07, 6.45) is 6.06. The van der Waals surface area contributed by atoms with E-state index in [1.54, 1.807) is 0 Å². The van der Waals surface area contributed by atoms with Gasteiger partial charge in [0.2, 0.25) is 5.91 Å². The lowest BCUT2D eigenvalue weighted by molar-refractivity contribution is -0.141. The number of benzene rings is 4. The van der Waals surface area contributed by atoms with Crippen molar-refractivity contribution in [3.8, 4) is 22.3 Å². The molecule has 0 aliphatic heterocycles. The number of nitrogens with one attached hydrogen (secondary N) is 1. The number of rotatable bonds is 13. The number of furan rings is 1. The van der Waals surface area contributed by atoms with E-state index in [0.29, 0.717) is 5.75 Å². The predicted octanol–water partition coefficient (Wildman–Crippen LogP) is 8.04. The van der Waals surface area contributed by atoms with Crippen LogP contribution in [0.1, 0.15) is 42.7 Å². The highest BCUT2D eigenvalue weighted by molar-refractivity contribution is 7.98. The third kappa shape index (κ3) is 9.72. The Bertz CT molecular complexity index is 1880. The normalized spacial score (nSPS) is 12.2. The number of carbonyl (C=O) groups is 2. The van der Waals surface area contributed by atoms with E-state index < -0.39 is 12.0 Å². The largest absolute Gasteiger partial charge is 0.480 e. The molecule has 48 heavy (non-hydrogen) atoms. The average molecular weight is 658 g/mol. The minimum absolute atomic E-state index is 0.158. The molecule has 1 unspecified atom stereocenters. The van der Waals surface area contributed by atoms with Crippen molar-refractivity contribution in [1.29, 1.82) is 0 Å². The first kappa shape index (κ1) is 35.8. The highest BCUT2D eigenvalue weighted by atomic mass is 32.2. The Balaban J connectivity index is 0.00000255. The number of amides is 1. The summed E-state index contributed by atoms with van der Waals surface area (Å²) in [6, 6.07) is 35.8. The summed E-state index contributed by atoms with van der Waals surface area (Å²) < 4.78 is 6.42. The van der Waals surface area contributed by atoms with Crippen molar-refractivity contribution >= 4 is 35.8 Å². The Kier molecular flexibility index (Phi) is 13.7. The lowest BCUT2D eigenvalue weighted by Crippen LogP contribution is -2.43. The Morgan fingerprint density at radius 2 is 1.38 bits per heavy atom. The molecule has 4 aromatic carbocycles. The van der Waals surface area contributed by atoms with Crippen LogP contribution in [0.15, 0.2) is 127 Å². The molecule has 0 aliphatic carbocycles. The molecular formula is C42H43NO4S. The zero-order valence-electron chi connectivity index (χ0n) is 27.7. The number of carbonyl (C=O) groups excluding carboxylic acids is 1. The van der Waals surface area contributed by atoms with Gasteiger partial charge in [0.1, 0.15) is 17.2 Å². The van der Waals surface area contributed by atoms with E-state index in [1.807, 2.05) is 36.4 Å². The van der Waals surface area contributed by atoms with Gasteiger partial charge in [-0.25, -0.2) is 4.79 Å². The second kappa shape index (κ2) is 18.3. The first-order valence-electron chi connectivity index (χ1n) is 16.1. The molecule has 0 aliphatic rings. The van der Waals surface area contributed by atoms with Crippen LogP contribution in [-0.4, -0.2) is 28.8 Å². The van der Waals surface area contributed by atoms with Gasteiger partial charge in [0.05, 0.1) is 6.42 Å². The minimum Gasteiger partial charge on any atom is -0.480 e. The van der Waals surface area contributed by atoms with Crippen LogP contribution in [-0.2, 0) is 28.2 Å².